The van der Waals surface area contributed by atoms with E-state index in [4.69, 9.17) is 49.7 Å². The number of ether oxygens (including phenoxy) is 8. The molecule has 25 nitrogen and oxygen atoms in total. The number of rotatable bonds is 50. The van der Waals surface area contributed by atoms with Gasteiger partial charge in [-0.05, 0) is 58.4 Å². The Morgan fingerprint density at radius 1 is 0.318 bits per heavy atom. The minimum atomic E-state index is -0.307. The van der Waals surface area contributed by atoms with Gasteiger partial charge in [0, 0.05) is 65.7 Å². The number of carbonyl (C=O) groups excluding carboxylic acids is 6. The van der Waals surface area contributed by atoms with Crippen LogP contribution in [0.5, 0.6) is 0 Å². The van der Waals surface area contributed by atoms with Crippen molar-refractivity contribution in [3.63, 3.8) is 0 Å². The summed E-state index contributed by atoms with van der Waals surface area (Å²) in [5, 5.41) is 16.4. The Bertz CT molecular complexity index is 1130. The van der Waals surface area contributed by atoms with E-state index in [0.717, 1.165) is 25.7 Å². The number of hydrogen-bond acceptors (Lipinski definition) is 19. The average molecular weight is 956 g/mol. The van der Waals surface area contributed by atoms with Crippen molar-refractivity contribution in [2.75, 3.05) is 178 Å². The number of likely N-dealkylation sites (N-methyl/N-ethyl adjacent to an activating group) is 1. The zero-order valence-corrected chi connectivity index (χ0v) is 39.2. The molecule has 0 aliphatic heterocycles. The van der Waals surface area contributed by atoms with Crippen LogP contribution in [-0.4, -0.2) is 219 Å². The van der Waals surface area contributed by atoms with Crippen molar-refractivity contribution in [2.45, 2.75) is 51.4 Å². The fraction of sp³-hybridized carbons (Fsp3) is 0.854. The van der Waals surface area contributed by atoms with E-state index in [2.05, 4.69) is 41.6 Å². The van der Waals surface area contributed by atoms with Crippen LogP contribution in [0, 0.1) is 0 Å². The van der Waals surface area contributed by atoms with Crippen LogP contribution in [0.15, 0.2) is 0 Å². The van der Waals surface area contributed by atoms with Gasteiger partial charge in [0.1, 0.15) is 26.4 Å². The number of unbranched alkanes of at least 4 members (excludes halogenated alkanes) is 2. The Kier molecular flexibility index (Phi) is 46.5. The summed E-state index contributed by atoms with van der Waals surface area (Å²) < 4.78 is 43.2. The molecule has 0 aliphatic carbocycles. The molecule has 0 rings (SSSR count). The van der Waals surface area contributed by atoms with Crippen molar-refractivity contribution >= 4 is 35.4 Å². The second-order valence-corrected chi connectivity index (χ2v) is 14.5. The van der Waals surface area contributed by atoms with Crippen molar-refractivity contribution in [3.05, 3.63) is 0 Å². The lowest BCUT2D eigenvalue weighted by atomic mass is 10.3. The minimum absolute atomic E-state index is 0.0874. The molecule has 0 aliphatic rings. The van der Waals surface area contributed by atoms with Gasteiger partial charge < -0.3 is 79.5 Å². The van der Waals surface area contributed by atoms with E-state index >= 15 is 0 Å². The number of hydrogen-bond donors (Lipinski definition) is 8. The van der Waals surface area contributed by atoms with Crippen LogP contribution in [0.25, 0.3) is 0 Å². The summed E-state index contributed by atoms with van der Waals surface area (Å²) in [7, 11) is 1.70. The van der Waals surface area contributed by atoms with Crippen LogP contribution < -0.4 is 43.7 Å². The molecule has 0 radical (unpaired) electrons. The topological polar surface area (TPSA) is 322 Å². The molecule has 0 aromatic heterocycles. The maximum Gasteiger partial charge on any atom is 0.246 e. The molecule has 386 valence electrons. The van der Waals surface area contributed by atoms with Crippen molar-refractivity contribution < 1.29 is 76.3 Å². The van der Waals surface area contributed by atoms with Gasteiger partial charge in [-0.3, -0.25) is 33.7 Å². The number of nitrogens with one attached hydrogen (secondary N) is 6. The molecular weight excluding hydrogens is 874 g/mol. The third-order valence-corrected chi connectivity index (χ3v) is 8.42. The van der Waals surface area contributed by atoms with Gasteiger partial charge in [0.25, 0.3) is 0 Å². The maximum absolute atomic E-state index is 12.2. The molecule has 0 spiro atoms. The molecule has 25 heteroatoms. The standard InChI is InChI=1S/C41H81N9O16/c1-50(30-36(51)44-12-6-16-57-22-26-61-28-24-59-18-8-14-48-40(55)34-63-32-38(53)46-10-2-4-20-65-42)31-37(52)45-13-7-17-58-23-27-62-29-25-60-19-9-15-49-41(56)35-64-33-39(54)47-11-3-5-21-66-43/h2-35,42-43H2,1H3,(H,44,51)(H,45,52)(H,46,53)(H,47,54)(H,48,55)(H,49,56). The van der Waals surface area contributed by atoms with E-state index in [1.165, 1.54) is 0 Å². The minimum Gasteiger partial charge on any atom is -0.379 e. The van der Waals surface area contributed by atoms with Crippen LogP contribution in [0.1, 0.15) is 51.4 Å². The van der Waals surface area contributed by atoms with Crippen LogP contribution in [-0.2, 0) is 76.3 Å². The van der Waals surface area contributed by atoms with E-state index in [1.54, 1.807) is 11.9 Å². The predicted octanol–water partition coefficient (Wildman–Crippen LogP) is -3.35. The molecule has 0 bridgehead atoms. The second-order valence-electron chi connectivity index (χ2n) is 14.5. The second kappa shape index (κ2) is 49.2. The van der Waals surface area contributed by atoms with Crippen molar-refractivity contribution in [1.29, 1.82) is 0 Å². The first kappa shape index (κ1) is 62.3. The molecule has 0 unspecified atom stereocenters. The smallest absolute Gasteiger partial charge is 0.246 e. The Morgan fingerprint density at radius 2 is 0.561 bits per heavy atom. The van der Waals surface area contributed by atoms with Crippen molar-refractivity contribution in [1.82, 2.24) is 36.8 Å². The fourth-order valence-electron chi connectivity index (χ4n) is 5.10. The van der Waals surface area contributed by atoms with E-state index < -0.39 is 0 Å². The number of amides is 6. The summed E-state index contributed by atoms with van der Waals surface area (Å²) in [5.74, 6) is 8.31. The summed E-state index contributed by atoms with van der Waals surface area (Å²) in [6.07, 6.45) is 5.45. The quantitative estimate of drug-likeness (QED) is 0.0218. The highest BCUT2D eigenvalue weighted by Crippen LogP contribution is 1.91. The lowest BCUT2D eigenvalue weighted by molar-refractivity contribution is -0.132. The van der Waals surface area contributed by atoms with E-state index in [1.807, 2.05) is 0 Å². The molecule has 66 heavy (non-hydrogen) atoms. The molecule has 0 atom stereocenters. The number of carbonyl (C=O) groups is 6. The SMILES string of the molecule is CN(CC(=O)NCCCOCCOCCOCCCNC(=O)COCC(=O)NCCCCON)CC(=O)NCCCOCCOCCOCCCNC(=O)COCC(=O)NCCCCON. The lowest BCUT2D eigenvalue weighted by Crippen LogP contribution is -2.41. The third kappa shape index (κ3) is 48.2. The molecule has 0 saturated heterocycles. The Hall–Kier alpha value is -3.70. The average Bonchev–Trinajstić information content (AvgIpc) is 3.28. The predicted molar refractivity (Wildman–Crippen MR) is 239 cm³/mol. The highest BCUT2D eigenvalue weighted by molar-refractivity contribution is 5.81. The Balaban J connectivity index is 3.45. The summed E-state index contributed by atoms with van der Waals surface area (Å²) in [4.78, 5) is 81.8. The van der Waals surface area contributed by atoms with Crippen LogP contribution in [0.3, 0.4) is 0 Å². The van der Waals surface area contributed by atoms with Gasteiger partial charge in [0.05, 0.1) is 79.2 Å². The van der Waals surface area contributed by atoms with Crippen molar-refractivity contribution in [3.8, 4) is 0 Å². The molecule has 6 amide bonds. The first-order valence-corrected chi connectivity index (χ1v) is 22.7. The Morgan fingerprint density at radius 3 is 0.833 bits per heavy atom. The van der Waals surface area contributed by atoms with Gasteiger partial charge in [-0.15, -0.1) is 0 Å². The van der Waals surface area contributed by atoms with Gasteiger partial charge in [-0.2, -0.15) is 0 Å². The largest absolute Gasteiger partial charge is 0.379 e. The van der Waals surface area contributed by atoms with Gasteiger partial charge in [0.2, 0.25) is 35.4 Å². The van der Waals surface area contributed by atoms with Gasteiger partial charge in [-0.25, -0.2) is 11.8 Å². The maximum atomic E-state index is 12.2. The molecule has 0 fully saturated rings. The van der Waals surface area contributed by atoms with Crippen LogP contribution >= 0.6 is 0 Å². The first-order valence-electron chi connectivity index (χ1n) is 22.7. The molecule has 10 N–H and O–H groups in total. The Labute approximate surface area is 389 Å². The molecule has 0 aromatic rings. The summed E-state index contributed by atoms with van der Waals surface area (Å²) in [6.45, 7) is 8.09. The lowest BCUT2D eigenvalue weighted by Gasteiger charge is -2.16. The fourth-order valence-corrected chi connectivity index (χ4v) is 5.10. The number of nitrogens with two attached hydrogens (primary N) is 2. The van der Waals surface area contributed by atoms with Crippen LogP contribution in [0.2, 0.25) is 0 Å². The zero-order valence-electron chi connectivity index (χ0n) is 39.2. The van der Waals surface area contributed by atoms with E-state index in [9.17, 15) is 28.8 Å². The number of nitrogens with zero attached hydrogens (tertiary/aromatic N) is 1. The summed E-state index contributed by atoms with van der Waals surface area (Å²) >= 11 is 0. The van der Waals surface area contributed by atoms with Crippen molar-refractivity contribution in [2.24, 2.45) is 11.8 Å². The monoisotopic (exact) mass is 956 g/mol. The molecule has 0 saturated carbocycles. The zero-order chi connectivity index (χ0) is 48.4. The highest BCUT2D eigenvalue weighted by atomic mass is 16.6. The third-order valence-electron chi connectivity index (χ3n) is 8.42. The van der Waals surface area contributed by atoms with E-state index in [0.29, 0.717) is 157 Å². The van der Waals surface area contributed by atoms with Gasteiger partial charge in [-0.1, -0.05) is 0 Å². The molecular formula is C41H81N9O16. The van der Waals surface area contributed by atoms with Gasteiger partial charge in [0.15, 0.2) is 0 Å². The highest BCUT2D eigenvalue weighted by Gasteiger charge is 2.11. The first-order chi connectivity index (χ1) is 32.2. The molecule has 0 heterocycles. The molecule has 0 aromatic carbocycles. The van der Waals surface area contributed by atoms with E-state index in [-0.39, 0.29) is 75.0 Å². The normalized spacial score (nSPS) is 11.1. The summed E-state index contributed by atoms with van der Waals surface area (Å²) in [6, 6.07) is 0. The summed E-state index contributed by atoms with van der Waals surface area (Å²) in [5.41, 5.74) is 0. The van der Waals surface area contributed by atoms with Gasteiger partial charge >= 0.3 is 0 Å². The van der Waals surface area contributed by atoms with Crippen LogP contribution in [0.4, 0.5) is 0 Å².